The normalized spacial score (nSPS) is 10.9. The minimum Gasteiger partial charge on any atom is -0.462 e. The Labute approximate surface area is 174 Å². The molecule has 0 aliphatic heterocycles. The van der Waals surface area contributed by atoms with Crippen molar-refractivity contribution < 1.29 is 9.21 Å². The highest BCUT2D eigenvalue weighted by atomic mass is 35.5. The summed E-state index contributed by atoms with van der Waals surface area (Å²) in [5.74, 6) is 1.05. The number of hydrogen-bond acceptors (Lipinski definition) is 5. The Kier molecular flexibility index (Phi) is 5.47. The molecular weight excluding hydrogens is 419 g/mol. The van der Waals surface area contributed by atoms with E-state index >= 15 is 0 Å². The van der Waals surface area contributed by atoms with E-state index in [2.05, 4.69) is 15.4 Å². The van der Waals surface area contributed by atoms with Gasteiger partial charge in [-0.15, -0.1) is 11.3 Å². The summed E-state index contributed by atoms with van der Waals surface area (Å²) < 4.78 is 6.97. The van der Waals surface area contributed by atoms with Crippen LogP contribution in [0.3, 0.4) is 0 Å². The molecule has 1 aromatic carbocycles. The largest absolute Gasteiger partial charge is 0.462 e. The molecule has 0 saturated carbocycles. The zero-order valence-corrected chi connectivity index (χ0v) is 16.8. The molecule has 3 heterocycles. The number of anilines is 1. The summed E-state index contributed by atoms with van der Waals surface area (Å²) in [5, 5.41) is 10.8. The smallest absolute Gasteiger partial charge is 0.231 e. The van der Waals surface area contributed by atoms with E-state index in [1.54, 1.807) is 47.5 Å². The van der Waals surface area contributed by atoms with Crippen LogP contribution < -0.4 is 5.32 Å². The Morgan fingerprint density at radius 1 is 1.18 bits per heavy atom. The van der Waals surface area contributed by atoms with Gasteiger partial charge in [-0.05, 0) is 24.3 Å². The molecule has 1 N–H and O–H groups in total. The molecule has 0 aliphatic rings. The molecule has 0 radical (unpaired) electrons. The summed E-state index contributed by atoms with van der Waals surface area (Å²) in [4.78, 5) is 16.9. The van der Waals surface area contributed by atoms with Crippen molar-refractivity contribution in [1.29, 1.82) is 0 Å². The Hall–Kier alpha value is -2.61. The van der Waals surface area contributed by atoms with Crippen LogP contribution in [0, 0.1) is 0 Å². The van der Waals surface area contributed by atoms with E-state index in [0.29, 0.717) is 33.9 Å². The Morgan fingerprint density at radius 2 is 2.00 bits per heavy atom. The summed E-state index contributed by atoms with van der Waals surface area (Å²) in [6.07, 6.45) is 3.35. The summed E-state index contributed by atoms with van der Waals surface area (Å²) in [7, 11) is 0. The molecule has 142 valence electrons. The quantitative estimate of drug-likeness (QED) is 0.457. The van der Waals surface area contributed by atoms with Crippen molar-refractivity contribution >= 4 is 46.3 Å². The molecular formula is C19H14Cl2N4O2S. The number of furan rings is 1. The molecule has 0 bridgehead atoms. The third kappa shape index (κ3) is 4.11. The van der Waals surface area contributed by atoms with Crippen LogP contribution in [0.5, 0.6) is 0 Å². The summed E-state index contributed by atoms with van der Waals surface area (Å²) in [6, 6.07) is 10.7. The monoisotopic (exact) mass is 432 g/mol. The first-order valence-electron chi connectivity index (χ1n) is 8.33. The van der Waals surface area contributed by atoms with Crippen molar-refractivity contribution in [2.75, 3.05) is 5.32 Å². The number of hydrogen-bond donors (Lipinski definition) is 1. The number of aromatic nitrogens is 3. The number of rotatable bonds is 6. The van der Waals surface area contributed by atoms with Crippen molar-refractivity contribution in [2.24, 2.45) is 0 Å². The van der Waals surface area contributed by atoms with Crippen LogP contribution >= 0.6 is 34.5 Å². The molecule has 9 heteroatoms. The van der Waals surface area contributed by atoms with E-state index in [1.165, 1.54) is 11.3 Å². The first-order chi connectivity index (χ1) is 13.6. The van der Waals surface area contributed by atoms with E-state index in [9.17, 15) is 4.79 Å². The second-order valence-corrected chi connectivity index (χ2v) is 7.59. The fourth-order valence-corrected chi connectivity index (χ4v) is 3.95. The number of benzene rings is 1. The third-order valence-corrected chi connectivity index (χ3v) is 5.59. The maximum atomic E-state index is 12.5. The molecule has 0 spiro atoms. The minimum atomic E-state index is -0.191. The summed E-state index contributed by atoms with van der Waals surface area (Å²) in [6.45, 7) is 0.348. The fourth-order valence-electron chi connectivity index (χ4n) is 2.65. The maximum Gasteiger partial charge on any atom is 0.231 e. The van der Waals surface area contributed by atoms with E-state index in [4.69, 9.17) is 27.6 Å². The molecule has 1 amide bonds. The van der Waals surface area contributed by atoms with Crippen LogP contribution in [0.15, 0.2) is 58.7 Å². The van der Waals surface area contributed by atoms with Crippen LogP contribution in [-0.4, -0.2) is 20.7 Å². The highest BCUT2D eigenvalue weighted by Gasteiger charge is 2.14. The SMILES string of the molecule is O=C(Cc1csc(-c2ccco2)n1)Nc1ccnn1Cc1c(Cl)cccc1Cl. The minimum absolute atomic E-state index is 0.148. The number of carbonyl (C=O) groups excluding carboxylic acids is 1. The average molecular weight is 433 g/mol. The summed E-state index contributed by atoms with van der Waals surface area (Å²) in [5.41, 5.74) is 1.42. The lowest BCUT2D eigenvalue weighted by molar-refractivity contribution is -0.115. The highest BCUT2D eigenvalue weighted by Crippen LogP contribution is 2.26. The maximum absolute atomic E-state index is 12.5. The van der Waals surface area contributed by atoms with Crippen molar-refractivity contribution in [2.45, 2.75) is 13.0 Å². The lowest BCUT2D eigenvalue weighted by Gasteiger charge is -2.11. The molecule has 0 aliphatic carbocycles. The van der Waals surface area contributed by atoms with E-state index < -0.39 is 0 Å². The second-order valence-electron chi connectivity index (χ2n) is 5.92. The van der Waals surface area contributed by atoms with Gasteiger partial charge in [-0.3, -0.25) is 4.79 Å². The third-order valence-electron chi connectivity index (χ3n) is 3.98. The topological polar surface area (TPSA) is 73.0 Å². The summed E-state index contributed by atoms with van der Waals surface area (Å²) >= 11 is 13.9. The number of nitrogens with zero attached hydrogens (tertiary/aromatic N) is 3. The van der Waals surface area contributed by atoms with Crippen LogP contribution in [0.4, 0.5) is 5.82 Å². The number of thiazole rings is 1. The van der Waals surface area contributed by atoms with Gasteiger partial charge in [0.05, 0.1) is 31.1 Å². The fraction of sp³-hybridized carbons (Fsp3) is 0.105. The highest BCUT2D eigenvalue weighted by molar-refractivity contribution is 7.13. The molecule has 0 fully saturated rings. The predicted octanol–water partition coefficient (Wildman–Crippen LogP) is 5.14. The number of nitrogens with one attached hydrogen (secondary N) is 1. The van der Waals surface area contributed by atoms with Gasteiger partial charge in [-0.25, -0.2) is 9.67 Å². The van der Waals surface area contributed by atoms with Gasteiger partial charge in [0, 0.05) is 27.1 Å². The lowest BCUT2D eigenvalue weighted by Crippen LogP contribution is -2.18. The molecule has 28 heavy (non-hydrogen) atoms. The van der Waals surface area contributed by atoms with Crippen LogP contribution in [0.25, 0.3) is 10.8 Å². The van der Waals surface area contributed by atoms with Gasteiger partial charge in [0.1, 0.15) is 5.82 Å². The van der Waals surface area contributed by atoms with Crippen LogP contribution in [0.1, 0.15) is 11.3 Å². The van der Waals surface area contributed by atoms with Gasteiger partial charge < -0.3 is 9.73 Å². The van der Waals surface area contributed by atoms with Crippen LogP contribution in [0.2, 0.25) is 10.0 Å². The van der Waals surface area contributed by atoms with E-state index in [0.717, 1.165) is 10.6 Å². The zero-order chi connectivity index (χ0) is 19.5. The van der Waals surface area contributed by atoms with Gasteiger partial charge in [-0.1, -0.05) is 29.3 Å². The number of amides is 1. The standard InChI is InChI=1S/C19H14Cl2N4O2S/c20-14-3-1-4-15(21)13(14)10-25-17(6-7-22-25)24-18(26)9-12-11-28-19(23-12)16-5-2-8-27-16/h1-8,11H,9-10H2,(H,24,26). The first-order valence-corrected chi connectivity index (χ1v) is 9.96. The van der Waals surface area contributed by atoms with Crippen molar-refractivity contribution in [3.63, 3.8) is 0 Å². The molecule has 4 aromatic rings. The van der Waals surface area contributed by atoms with Gasteiger partial charge in [0.15, 0.2) is 10.8 Å². The van der Waals surface area contributed by atoms with Gasteiger partial charge >= 0.3 is 0 Å². The zero-order valence-electron chi connectivity index (χ0n) is 14.4. The Bertz CT molecular complexity index is 1080. The number of carbonyl (C=O) groups is 1. The predicted molar refractivity (Wildman–Crippen MR) is 110 cm³/mol. The lowest BCUT2D eigenvalue weighted by atomic mass is 10.2. The first kappa shape index (κ1) is 18.7. The Balaban J connectivity index is 1.44. The molecule has 0 saturated heterocycles. The second kappa shape index (κ2) is 8.18. The average Bonchev–Trinajstić information content (AvgIpc) is 3.40. The number of halogens is 2. The van der Waals surface area contributed by atoms with Crippen molar-refractivity contribution in [3.8, 4) is 10.8 Å². The van der Waals surface area contributed by atoms with Crippen molar-refractivity contribution in [3.05, 3.63) is 75.5 Å². The van der Waals surface area contributed by atoms with Crippen molar-refractivity contribution in [1.82, 2.24) is 14.8 Å². The molecule has 0 atom stereocenters. The molecule has 0 unspecified atom stereocenters. The molecule has 3 aromatic heterocycles. The Morgan fingerprint density at radius 3 is 2.75 bits per heavy atom. The molecule has 6 nitrogen and oxygen atoms in total. The molecule has 4 rings (SSSR count). The van der Waals surface area contributed by atoms with E-state index in [1.807, 2.05) is 11.4 Å². The van der Waals surface area contributed by atoms with Gasteiger partial charge in [0.25, 0.3) is 0 Å². The van der Waals surface area contributed by atoms with Gasteiger partial charge in [-0.2, -0.15) is 5.10 Å². The van der Waals surface area contributed by atoms with E-state index in [-0.39, 0.29) is 12.3 Å². The van der Waals surface area contributed by atoms with Crippen LogP contribution in [-0.2, 0) is 17.8 Å². The van der Waals surface area contributed by atoms with Gasteiger partial charge in [0.2, 0.25) is 5.91 Å².